The number of nitrogen functional groups attached to an aromatic ring is 1. The summed E-state index contributed by atoms with van der Waals surface area (Å²) in [6.45, 7) is 5.22. The lowest BCUT2D eigenvalue weighted by molar-refractivity contribution is 0.217. The van der Waals surface area contributed by atoms with Crippen LogP contribution < -0.4 is 19.9 Å². The highest BCUT2D eigenvalue weighted by atomic mass is 16.5. The summed E-state index contributed by atoms with van der Waals surface area (Å²) in [5.74, 6) is 2.70. The van der Waals surface area contributed by atoms with Crippen LogP contribution in [0.3, 0.4) is 0 Å². The summed E-state index contributed by atoms with van der Waals surface area (Å²) in [6, 6.07) is 13.5. The Kier molecular flexibility index (Phi) is 5.53. The number of rotatable bonds is 7. The predicted molar refractivity (Wildman–Crippen MR) is 88.9 cm³/mol. The van der Waals surface area contributed by atoms with Crippen molar-refractivity contribution >= 4 is 5.69 Å². The molecule has 2 N–H and O–H groups in total. The third-order valence-electron chi connectivity index (χ3n) is 3.35. The average molecular weight is 301 g/mol. The first-order valence-electron chi connectivity index (χ1n) is 7.39. The SMILES string of the molecule is COc1ccc(OCCOc2cccc(C(C)C)c2)c(N)c1. The Bertz CT molecular complexity index is 611. The predicted octanol–water partition coefficient (Wildman–Crippen LogP) is 3.86. The fraction of sp³-hybridized carbons (Fsp3) is 0.333. The van der Waals surface area contributed by atoms with Gasteiger partial charge in [0.15, 0.2) is 0 Å². The highest BCUT2D eigenvalue weighted by Crippen LogP contribution is 2.26. The van der Waals surface area contributed by atoms with Gasteiger partial charge in [0.25, 0.3) is 0 Å². The van der Waals surface area contributed by atoms with Crippen molar-refractivity contribution < 1.29 is 14.2 Å². The van der Waals surface area contributed by atoms with E-state index in [1.807, 2.05) is 18.2 Å². The topological polar surface area (TPSA) is 53.7 Å². The van der Waals surface area contributed by atoms with E-state index in [2.05, 4.69) is 26.0 Å². The Morgan fingerprint density at radius 1 is 0.955 bits per heavy atom. The summed E-state index contributed by atoms with van der Waals surface area (Å²) in [6.07, 6.45) is 0. The third-order valence-corrected chi connectivity index (χ3v) is 3.35. The van der Waals surface area contributed by atoms with Crippen molar-refractivity contribution in [1.82, 2.24) is 0 Å². The molecular weight excluding hydrogens is 278 g/mol. The minimum absolute atomic E-state index is 0.433. The summed E-state index contributed by atoms with van der Waals surface area (Å²) < 4.78 is 16.4. The Morgan fingerprint density at radius 3 is 2.41 bits per heavy atom. The summed E-state index contributed by atoms with van der Waals surface area (Å²) in [7, 11) is 1.61. The van der Waals surface area contributed by atoms with Gasteiger partial charge in [-0.3, -0.25) is 0 Å². The maximum absolute atomic E-state index is 5.90. The second kappa shape index (κ2) is 7.59. The number of nitrogens with two attached hydrogens (primary N) is 1. The van der Waals surface area contributed by atoms with Gasteiger partial charge in [-0.25, -0.2) is 0 Å². The normalized spacial score (nSPS) is 10.5. The van der Waals surface area contributed by atoms with Crippen molar-refractivity contribution in [3.8, 4) is 17.2 Å². The molecule has 4 heteroatoms. The molecule has 0 aliphatic heterocycles. The van der Waals surface area contributed by atoms with E-state index in [1.165, 1.54) is 5.56 Å². The van der Waals surface area contributed by atoms with Gasteiger partial charge >= 0.3 is 0 Å². The molecule has 4 nitrogen and oxygen atoms in total. The second-order valence-electron chi connectivity index (χ2n) is 5.33. The van der Waals surface area contributed by atoms with E-state index >= 15 is 0 Å². The van der Waals surface area contributed by atoms with Crippen LogP contribution in [0.5, 0.6) is 17.2 Å². The molecule has 0 radical (unpaired) electrons. The molecule has 22 heavy (non-hydrogen) atoms. The van der Waals surface area contributed by atoms with Crippen molar-refractivity contribution in [2.75, 3.05) is 26.1 Å². The molecule has 0 aromatic heterocycles. The third kappa shape index (κ3) is 4.32. The molecule has 2 aromatic rings. The molecule has 0 amide bonds. The number of hydrogen-bond donors (Lipinski definition) is 1. The summed E-state index contributed by atoms with van der Waals surface area (Å²) in [5.41, 5.74) is 7.72. The zero-order valence-corrected chi connectivity index (χ0v) is 13.3. The molecule has 0 spiro atoms. The van der Waals surface area contributed by atoms with Crippen molar-refractivity contribution in [3.63, 3.8) is 0 Å². The van der Waals surface area contributed by atoms with Crippen molar-refractivity contribution in [1.29, 1.82) is 0 Å². The standard InChI is InChI=1S/C18H23NO3/c1-13(2)14-5-4-6-16(11-14)21-9-10-22-18-8-7-15(20-3)12-17(18)19/h4-8,11-13H,9-10,19H2,1-3H3. The van der Waals surface area contributed by atoms with E-state index in [4.69, 9.17) is 19.9 Å². The Morgan fingerprint density at radius 2 is 1.73 bits per heavy atom. The molecule has 0 saturated carbocycles. The monoisotopic (exact) mass is 301 g/mol. The number of methoxy groups -OCH3 is 1. The molecule has 0 bridgehead atoms. The summed E-state index contributed by atoms with van der Waals surface area (Å²) in [4.78, 5) is 0. The first-order chi connectivity index (χ1) is 10.6. The number of hydrogen-bond acceptors (Lipinski definition) is 4. The lowest BCUT2D eigenvalue weighted by Gasteiger charge is -2.12. The van der Waals surface area contributed by atoms with Crippen LogP contribution in [0.15, 0.2) is 42.5 Å². The van der Waals surface area contributed by atoms with Crippen LogP contribution in [0.2, 0.25) is 0 Å². The number of benzene rings is 2. The van der Waals surface area contributed by atoms with Gasteiger partial charge in [-0.1, -0.05) is 26.0 Å². The van der Waals surface area contributed by atoms with E-state index in [9.17, 15) is 0 Å². The molecule has 118 valence electrons. The fourth-order valence-corrected chi connectivity index (χ4v) is 2.06. The molecule has 0 fully saturated rings. The van der Waals surface area contributed by atoms with E-state index in [0.717, 1.165) is 5.75 Å². The van der Waals surface area contributed by atoms with E-state index in [-0.39, 0.29) is 0 Å². The number of ether oxygens (including phenoxy) is 3. The molecular formula is C18H23NO3. The van der Waals surface area contributed by atoms with Gasteiger partial charge in [-0.2, -0.15) is 0 Å². The minimum atomic E-state index is 0.433. The van der Waals surface area contributed by atoms with Crippen LogP contribution in [0.25, 0.3) is 0 Å². The molecule has 0 unspecified atom stereocenters. The van der Waals surface area contributed by atoms with Crippen LogP contribution in [-0.4, -0.2) is 20.3 Å². The van der Waals surface area contributed by atoms with E-state index in [1.54, 1.807) is 19.2 Å². The molecule has 0 aliphatic carbocycles. The fourth-order valence-electron chi connectivity index (χ4n) is 2.06. The van der Waals surface area contributed by atoms with Gasteiger partial charge in [-0.05, 0) is 35.7 Å². The Balaban J connectivity index is 1.83. The minimum Gasteiger partial charge on any atom is -0.497 e. The lowest BCUT2D eigenvalue weighted by atomic mass is 10.0. The maximum Gasteiger partial charge on any atom is 0.142 e. The Labute approximate surface area is 131 Å². The average Bonchev–Trinajstić information content (AvgIpc) is 2.53. The quantitative estimate of drug-likeness (QED) is 0.623. The zero-order chi connectivity index (χ0) is 15.9. The maximum atomic E-state index is 5.90. The summed E-state index contributed by atoms with van der Waals surface area (Å²) >= 11 is 0. The molecule has 0 saturated heterocycles. The van der Waals surface area contributed by atoms with Gasteiger partial charge in [0.1, 0.15) is 30.5 Å². The first-order valence-corrected chi connectivity index (χ1v) is 7.39. The molecule has 0 heterocycles. The Hall–Kier alpha value is -2.36. The van der Waals surface area contributed by atoms with Crippen molar-refractivity contribution in [2.24, 2.45) is 0 Å². The highest BCUT2D eigenvalue weighted by molar-refractivity contribution is 5.56. The van der Waals surface area contributed by atoms with Crippen LogP contribution >= 0.6 is 0 Å². The first kappa shape index (κ1) is 16.0. The van der Waals surface area contributed by atoms with E-state index < -0.39 is 0 Å². The van der Waals surface area contributed by atoms with Crippen molar-refractivity contribution in [2.45, 2.75) is 19.8 Å². The van der Waals surface area contributed by atoms with Gasteiger partial charge in [0.05, 0.1) is 12.8 Å². The van der Waals surface area contributed by atoms with Crippen LogP contribution in [0.4, 0.5) is 5.69 Å². The second-order valence-corrected chi connectivity index (χ2v) is 5.33. The molecule has 2 aromatic carbocycles. The van der Waals surface area contributed by atoms with Crippen LogP contribution in [0, 0.1) is 0 Å². The van der Waals surface area contributed by atoms with Gasteiger partial charge in [0.2, 0.25) is 0 Å². The molecule has 0 aliphatic rings. The lowest BCUT2D eigenvalue weighted by Crippen LogP contribution is -2.10. The zero-order valence-electron chi connectivity index (χ0n) is 13.3. The smallest absolute Gasteiger partial charge is 0.142 e. The highest BCUT2D eigenvalue weighted by Gasteiger charge is 2.03. The van der Waals surface area contributed by atoms with Gasteiger partial charge < -0.3 is 19.9 Å². The van der Waals surface area contributed by atoms with Crippen molar-refractivity contribution in [3.05, 3.63) is 48.0 Å². The van der Waals surface area contributed by atoms with Crippen LogP contribution in [0.1, 0.15) is 25.3 Å². The summed E-state index contributed by atoms with van der Waals surface area (Å²) in [5, 5.41) is 0. The van der Waals surface area contributed by atoms with Crippen LogP contribution in [-0.2, 0) is 0 Å². The largest absolute Gasteiger partial charge is 0.497 e. The van der Waals surface area contributed by atoms with Gasteiger partial charge in [0, 0.05) is 6.07 Å². The van der Waals surface area contributed by atoms with E-state index in [0.29, 0.717) is 36.3 Å². The molecule has 0 atom stereocenters. The van der Waals surface area contributed by atoms with Gasteiger partial charge in [-0.15, -0.1) is 0 Å². The number of anilines is 1. The molecule has 2 rings (SSSR count).